The summed E-state index contributed by atoms with van der Waals surface area (Å²) in [5.41, 5.74) is -0.164. The Morgan fingerprint density at radius 2 is 1.43 bits per heavy atom. The third-order valence-electron chi connectivity index (χ3n) is 10.5. The quantitative estimate of drug-likeness (QED) is 0.0654. The van der Waals surface area contributed by atoms with Crippen molar-refractivity contribution >= 4 is 47.6 Å². The maximum atomic E-state index is 14.2. The minimum atomic E-state index is -2.41. The maximum absolute atomic E-state index is 14.2. The van der Waals surface area contributed by atoms with Crippen LogP contribution in [0.2, 0.25) is 0 Å². The van der Waals surface area contributed by atoms with Crippen molar-refractivity contribution < 1.29 is 110 Å². The SMILES string of the molecule is CC[C@@H](O)[C@@H]1NC(=O)[C@H](C(=O)[C@@H](O)c2ccc(O)cc2)NC(=O)[C@@H]2C[C@@H](O)CN2C(=O)[C@H]([C@@H](C)O)NC(=O)[C@H](N[C-]=O)C[C@@H](O)[C@@H](O)NC(=O)[C@@H]2[C@@H](O)[C@@H](C)CN2C1=O.[U]. The molecule has 0 spiro atoms. The minimum Gasteiger partial charge on any atom is -0.520 e. The van der Waals surface area contributed by atoms with Crippen molar-refractivity contribution in [3.05, 3.63) is 29.8 Å². The van der Waals surface area contributed by atoms with Gasteiger partial charge in [0.05, 0.1) is 30.5 Å². The molecule has 3 saturated heterocycles. The number of hydrogen-bond donors (Lipinski definition) is 13. The number of hydrogen-bond acceptors (Lipinski definition) is 16. The zero-order chi connectivity index (χ0) is 44.0. The first-order valence-electron chi connectivity index (χ1n) is 18.8. The minimum absolute atomic E-state index is 0. The maximum Gasteiger partial charge on any atom is 0.251 e. The number of carbonyl (C=O) groups is 7. The second kappa shape index (κ2) is 21.5. The van der Waals surface area contributed by atoms with Gasteiger partial charge in [0.15, 0.2) is 18.1 Å². The number of nitrogens with zero attached hydrogens (tertiary/aromatic N) is 2. The number of aromatic hydroxyl groups is 1. The molecule has 0 radical (unpaired) electrons. The van der Waals surface area contributed by atoms with Gasteiger partial charge < -0.3 is 82.0 Å². The second-order valence-electron chi connectivity index (χ2n) is 14.9. The van der Waals surface area contributed by atoms with Gasteiger partial charge in [-0.2, -0.15) is 6.41 Å². The van der Waals surface area contributed by atoms with Crippen LogP contribution in [0.15, 0.2) is 24.3 Å². The number of benzene rings is 1. The Balaban J connectivity index is 0.00000961. The first-order chi connectivity index (χ1) is 27.7. The van der Waals surface area contributed by atoms with E-state index in [0.29, 0.717) is 0 Å². The van der Waals surface area contributed by atoms with E-state index in [1.807, 2.05) is 10.6 Å². The van der Waals surface area contributed by atoms with Gasteiger partial charge in [0, 0.05) is 63.0 Å². The monoisotopic (exact) mass is 1070 g/mol. The van der Waals surface area contributed by atoms with Gasteiger partial charge in [-0.1, -0.05) is 26.0 Å². The fourth-order valence-electron chi connectivity index (χ4n) is 7.14. The number of phenolic OH excluding ortho intramolecular Hbond substituents is 1. The number of carbonyl (C=O) groups excluding carboxylic acids is 8. The summed E-state index contributed by atoms with van der Waals surface area (Å²) in [4.78, 5) is 110. The number of rotatable bonds is 8. The van der Waals surface area contributed by atoms with Crippen LogP contribution in [0, 0.1) is 37.0 Å². The summed E-state index contributed by atoms with van der Waals surface area (Å²) in [5.74, 6) is -10.1. The summed E-state index contributed by atoms with van der Waals surface area (Å²) in [7, 11) is 0. The van der Waals surface area contributed by atoms with Gasteiger partial charge in [-0.05, 0) is 31.0 Å². The third kappa shape index (κ3) is 11.4. The van der Waals surface area contributed by atoms with Crippen LogP contribution in [0.1, 0.15) is 51.7 Å². The van der Waals surface area contributed by atoms with Crippen molar-refractivity contribution in [2.24, 2.45) is 5.92 Å². The van der Waals surface area contributed by atoms with Gasteiger partial charge >= 0.3 is 0 Å². The van der Waals surface area contributed by atoms with Crippen LogP contribution in [0.3, 0.4) is 0 Å². The van der Waals surface area contributed by atoms with Crippen molar-refractivity contribution in [1.82, 2.24) is 36.4 Å². The first kappa shape index (κ1) is 50.1. The largest absolute Gasteiger partial charge is 0.520 e. The van der Waals surface area contributed by atoms with Gasteiger partial charge in [-0.3, -0.25) is 33.6 Å². The average molecular weight is 1070 g/mol. The van der Waals surface area contributed by atoms with Crippen molar-refractivity contribution in [1.29, 1.82) is 0 Å². The molecular formula is C36H50N7O16U-. The summed E-state index contributed by atoms with van der Waals surface area (Å²) >= 11 is 0. The van der Waals surface area contributed by atoms with E-state index in [9.17, 15) is 79.2 Å². The van der Waals surface area contributed by atoms with Gasteiger partial charge in [0.1, 0.15) is 42.1 Å². The third-order valence-corrected chi connectivity index (χ3v) is 10.5. The number of phenols is 1. The average Bonchev–Trinajstić information content (AvgIpc) is 3.74. The van der Waals surface area contributed by atoms with E-state index in [2.05, 4.69) is 16.0 Å². The van der Waals surface area contributed by atoms with E-state index in [4.69, 9.17) is 0 Å². The topological polar surface area (TPSA) is 365 Å². The molecule has 60 heavy (non-hydrogen) atoms. The summed E-state index contributed by atoms with van der Waals surface area (Å²) in [5, 5.41) is 96.1. The molecule has 7 amide bonds. The molecule has 1 aromatic carbocycles. The number of amides is 7. The van der Waals surface area contributed by atoms with E-state index in [1.54, 1.807) is 0 Å². The zero-order valence-electron chi connectivity index (χ0n) is 32.7. The van der Waals surface area contributed by atoms with Gasteiger partial charge in [-0.15, -0.1) is 0 Å². The molecule has 3 heterocycles. The van der Waals surface area contributed by atoms with E-state index in [0.717, 1.165) is 41.0 Å². The molecule has 4 rings (SSSR count). The van der Waals surface area contributed by atoms with Gasteiger partial charge in [0.25, 0.3) is 5.91 Å². The molecule has 330 valence electrons. The van der Waals surface area contributed by atoms with Crippen LogP contribution in [0.4, 0.5) is 0 Å². The Hall–Kier alpha value is -4.25. The number of Topliss-reactive ketones (excluding diaryl/α,β-unsaturated/α-hetero) is 1. The molecule has 0 saturated carbocycles. The molecule has 0 aromatic heterocycles. The summed E-state index contributed by atoms with van der Waals surface area (Å²) < 4.78 is 0. The molecule has 0 aliphatic carbocycles. The number of aliphatic hydroxyl groups is 7. The first-order valence-corrected chi connectivity index (χ1v) is 18.8. The van der Waals surface area contributed by atoms with Crippen LogP contribution in [0.25, 0.3) is 0 Å². The van der Waals surface area contributed by atoms with Crippen LogP contribution < -0.4 is 26.6 Å². The van der Waals surface area contributed by atoms with Gasteiger partial charge in [-0.25, -0.2) is 0 Å². The Kier molecular flexibility index (Phi) is 18.0. The molecule has 14 atom stereocenters. The van der Waals surface area contributed by atoms with Crippen LogP contribution >= 0.6 is 0 Å². The number of aliphatic hydroxyl groups excluding tert-OH is 7. The van der Waals surface area contributed by atoms with Gasteiger partial charge in [0.2, 0.25) is 29.5 Å². The van der Waals surface area contributed by atoms with E-state index in [-0.39, 0.29) is 55.4 Å². The van der Waals surface area contributed by atoms with E-state index >= 15 is 0 Å². The Bertz CT molecular complexity index is 1760. The predicted octanol–water partition coefficient (Wildman–Crippen LogP) is -7.01. The molecule has 1 aromatic rings. The molecule has 0 bridgehead atoms. The second-order valence-corrected chi connectivity index (χ2v) is 14.9. The molecule has 3 aliphatic rings. The number of fused-ring (bicyclic) bond motifs is 2. The fourth-order valence-corrected chi connectivity index (χ4v) is 7.14. The molecule has 3 aliphatic heterocycles. The van der Waals surface area contributed by atoms with Crippen molar-refractivity contribution in [2.75, 3.05) is 13.1 Å². The smallest absolute Gasteiger partial charge is 0.251 e. The normalized spacial score (nSPS) is 32.7. The number of nitrogens with one attached hydrogen (secondary N) is 5. The Labute approximate surface area is 366 Å². The standard InChI is InChI=1S/C36H50N7O16.U/c1-4-21(48)24-36(59)43-11-14(2)27(50)26(43)34(57)41-32(55)22(49)10-19(37-13-44)30(53)38-23(15(3)45)35(58)42-12-18(47)9-20(42)31(54)40-25(33(56)39-24)29(52)28(51)16-5-7-17(46)8-6-16;/h5-8,14-15,18-28,32,45-51,55H,4,9-12H2,1-3H3,(H,37,44)(H,38,53)(H,39,56)(H,40,54)(H,41,57);/q-1;/t14-,15+,18+,19+,20-,21+,22+,23-,24-,25-,26-,27-,28-,32+;/m0./s1. The van der Waals surface area contributed by atoms with Crippen molar-refractivity contribution in [3.8, 4) is 5.75 Å². The Morgan fingerprint density at radius 1 is 0.833 bits per heavy atom. The molecule has 23 nitrogen and oxygen atoms in total. The van der Waals surface area contributed by atoms with Crippen LogP contribution in [0.5, 0.6) is 5.75 Å². The fraction of sp³-hybridized carbons (Fsp3) is 0.611. The predicted molar refractivity (Wildman–Crippen MR) is 196 cm³/mol. The van der Waals surface area contributed by atoms with E-state index in [1.165, 1.54) is 20.3 Å². The molecular weight excluding hydrogens is 1020 g/mol. The Morgan fingerprint density at radius 3 is 2.02 bits per heavy atom. The number of ketones is 1. The molecule has 13 N–H and O–H groups in total. The summed E-state index contributed by atoms with van der Waals surface area (Å²) in [6.45, 7) is 2.99. The molecule has 3 fully saturated rings. The van der Waals surface area contributed by atoms with Crippen LogP contribution in [-0.4, -0.2) is 184 Å². The van der Waals surface area contributed by atoms with Crippen LogP contribution in [-0.2, 0) is 38.4 Å². The van der Waals surface area contributed by atoms with Crippen molar-refractivity contribution in [3.63, 3.8) is 0 Å². The molecule has 0 unspecified atom stereocenters. The zero-order valence-corrected chi connectivity index (χ0v) is 36.8. The van der Waals surface area contributed by atoms with Crippen molar-refractivity contribution in [2.45, 2.75) is 119 Å². The molecule has 24 heteroatoms. The summed E-state index contributed by atoms with van der Waals surface area (Å²) in [6, 6.07) is -7.17. The summed E-state index contributed by atoms with van der Waals surface area (Å²) in [6.07, 6.45) is -13.3. The van der Waals surface area contributed by atoms with E-state index < -0.39 is 146 Å².